The molecule has 1 N–H and O–H groups in total. The lowest BCUT2D eigenvalue weighted by Gasteiger charge is -2.42. The maximum atomic E-state index is 12.9. The number of nitrogens with zero attached hydrogens (tertiary/aromatic N) is 1. The van der Waals surface area contributed by atoms with Crippen LogP contribution in [-0.2, 0) is 4.79 Å². The standard InChI is InChI=1S/C16H28N2O/c1-3-7-13-17-16(10-4-5-11-16)14(19)18(13)12-15(2)8-6-9-15/h13,17H,3-12H2,1-2H3. The number of hydrogen-bond donors (Lipinski definition) is 1. The highest BCUT2D eigenvalue weighted by molar-refractivity contribution is 5.89. The summed E-state index contributed by atoms with van der Waals surface area (Å²) < 4.78 is 0. The van der Waals surface area contributed by atoms with E-state index in [-0.39, 0.29) is 5.54 Å². The van der Waals surface area contributed by atoms with Gasteiger partial charge in [0.25, 0.3) is 0 Å². The maximum absolute atomic E-state index is 12.9. The molecule has 3 aliphatic rings. The molecule has 3 fully saturated rings. The Morgan fingerprint density at radius 3 is 2.42 bits per heavy atom. The van der Waals surface area contributed by atoms with Gasteiger partial charge in [0, 0.05) is 6.54 Å². The first-order chi connectivity index (χ1) is 9.09. The van der Waals surface area contributed by atoms with E-state index in [9.17, 15) is 4.79 Å². The Hall–Kier alpha value is -0.570. The van der Waals surface area contributed by atoms with Gasteiger partial charge in [-0.3, -0.25) is 10.1 Å². The van der Waals surface area contributed by atoms with Crippen LogP contribution in [0.4, 0.5) is 0 Å². The Balaban J connectivity index is 1.76. The van der Waals surface area contributed by atoms with Crippen molar-refractivity contribution in [3.63, 3.8) is 0 Å². The van der Waals surface area contributed by atoms with Crippen LogP contribution < -0.4 is 5.32 Å². The first kappa shape index (κ1) is 13.4. The van der Waals surface area contributed by atoms with Crippen LogP contribution >= 0.6 is 0 Å². The Kier molecular flexibility index (Phi) is 3.36. The summed E-state index contributed by atoms with van der Waals surface area (Å²) in [4.78, 5) is 15.1. The third-order valence-electron chi connectivity index (χ3n) is 5.62. The molecule has 1 amide bonds. The summed E-state index contributed by atoms with van der Waals surface area (Å²) in [5, 5.41) is 3.71. The molecule has 2 saturated carbocycles. The van der Waals surface area contributed by atoms with Gasteiger partial charge in [0.2, 0.25) is 5.91 Å². The number of amides is 1. The highest BCUT2D eigenvalue weighted by atomic mass is 16.2. The smallest absolute Gasteiger partial charge is 0.244 e. The van der Waals surface area contributed by atoms with E-state index in [0.29, 0.717) is 17.5 Å². The van der Waals surface area contributed by atoms with Crippen LogP contribution in [0.15, 0.2) is 0 Å². The molecule has 1 heterocycles. The van der Waals surface area contributed by atoms with E-state index in [2.05, 4.69) is 24.1 Å². The van der Waals surface area contributed by atoms with Crippen LogP contribution in [0.1, 0.15) is 71.6 Å². The molecule has 19 heavy (non-hydrogen) atoms. The van der Waals surface area contributed by atoms with Gasteiger partial charge in [-0.25, -0.2) is 0 Å². The zero-order valence-electron chi connectivity index (χ0n) is 12.5. The van der Waals surface area contributed by atoms with Crippen LogP contribution in [0.25, 0.3) is 0 Å². The van der Waals surface area contributed by atoms with Crippen molar-refractivity contribution in [2.45, 2.75) is 83.3 Å². The van der Waals surface area contributed by atoms with Crippen molar-refractivity contribution in [3.05, 3.63) is 0 Å². The molecule has 3 nitrogen and oxygen atoms in total. The molecule has 1 aliphatic heterocycles. The van der Waals surface area contributed by atoms with Crippen molar-refractivity contribution < 1.29 is 4.79 Å². The topological polar surface area (TPSA) is 32.3 Å². The highest BCUT2D eigenvalue weighted by Gasteiger charge is 2.53. The van der Waals surface area contributed by atoms with Gasteiger partial charge in [0.1, 0.15) is 0 Å². The van der Waals surface area contributed by atoms with E-state index in [1.54, 1.807) is 0 Å². The number of hydrogen-bond acceptors (Lipinski definition) is 2. The molecular weight excluding hydrogens is 236 g/mol. The van der Waals surface area contributed by atoms with Crippen LogP contribution in [0.5, 0.6) is 0 Å². The fourth-order valence-electron chi connectivity index (χ4n) is 4.24. The minimum Gasteiger partial charge on any atom is -0.325 e. The zero-order chi connectivity index (χ0) is 13.5. The van der Waals surface area contributed by atoms with Gasteiger partial charge in [-0.1, -0.05) is 39.5 Å². The molecule has 1 spiro atoms. The SMILES string of the molecule is CCCC1NC2(CCCC2)C(=O)N1CC1(C)CCC1. The molecule has 1 unspecified atom stereocenters. The highest BCUT2D eigenvalue weighted by Crippen LogP contribution is 2.44. The third-order valence-corrected chi connectivity index (χ3v) is 5.62. The minimum atomic E-state index is -0.181. The summed E-state index contributed by atoms with van der Waals surface area (Å²) >= 11 is 0. The number of carbonyl (C=O) groups excluding carboxylic acids is 1. The molecule has 0 aromatic heterocycles. The quantitative estimate of drug-likeness (QED) is 0.846. The second-order valence-corrected chi connectivity index (χ2v) is 7.34. The molecular formula is C16H28N2O. The second-order valence-electron chi connectivity index (χ2n) is 7.34. The molecule has 3 heteroatoms. The van der Waals surface area contributed by atoms with Gasteiger partial charge in [-0.2, -0.15) is 0 Å². The fourth-order valence-corrected chi connectivity index (χ4v) is 4.24. The first-order valence-corrected chi connectivity index (χ1v) is 8.17. The Morgan fingerprint density at radius 1 is 1.21 bits per heavy atom. The molecule has 0 bridgehead atoms. The summed E-state index contributed by atoms with van der Waals surface area (Å²) in [6, 6.07) is 0. The van der Waals surface area contributed by atoms with Crippen LogP contribution in [0.2, 0.25) is 0 Å². The monoisotopic (exact) mass is 264 g/mol. The maximum Gasteiger partial charge on any atom is 0.244 e. The fraction of sp³-hybridized carbons (Fsp3) is 0.938. The average Bonchev–Trinajstić information content (AvgIpc) is 2.90. The normalized spacial score (nSPS) is 32.0. The van der Waals surface area contributed by atoms with Crippen LogP contribution in [0, 0.1) is 5.41 Å². The van der Waals surface area contributed by atoms with Crippen LogP contribution in [0.3, 0.4) is 0 Å². The van der Waals surface area contributed by atoms with Crippen LogP contribution in [-0.4, -0.2) is 29.1 Å². The molecule has 1 atom stereocenters. The molecule has 0 aromatic rings. The number of nitrogens with one attached hydrogen (secondary N) is 1. The van der Waals surface area contributed by atoms with Gasteiger partial charge in [-0.05, 0) is 37.5 Å². The van der Waals surface area contributed by atoms with Gasteiger partial charge >= 0.3 is 0 Å². The summed E-state index contributed by atoms with van der Waals surface area (Å²) in [6.07, 6.45) is 11.0. The third kappa shape index (κ3) is 2.20. The molecule has 3 rings (SSSR count). The van der Waals surface area contributed by atoms with E-state index in [0.717, 1.165) is 32.2 Å². The lowest BCUT2D eigenvalue weighted by atomic mass is 9.70. The summed E-state index contributed by atoms with van der Waals surface area (Å²) in [5.74, 6) is 0.413. The van der Waals surface area contributed by atoms with Crippen molar-refractivity contribution >= 4 is 5.91 Å². The van der Waals surface area contributed by atoms with E-state index in [1.807, 2.05) is 0 Å². The molecule has 2 aliphatic carbocycles. The van der Waals surface area contributed by atoms with Crippen molar-refractivity contribution in [2.24, 2.45) is 5.41 Å². The summed E-state index contributed by atoms with van der Waals surface area (Å²) in [5.41, 5.74) is 0.216. The van der Waals surface area contributed by atoms with E-state index in [4.69, 9.17) is 0 Å². The zero-order valence-corrected chi connectivity index (χ0v) is 12.5. The second kappa shape index (κ2) is 4.76. The van der Waals surface area contributed by atoms with Crippen molar-refractivity contribution in [3.8, 4) is 0 Å². The minimum absolute atomic E-state index is 0.181. The van der Waals surface area contributed by atoms with Crippen molar-refractivity contribution in [2.75, 3.05) is 6.54 Å². The van der Waals surface area contributed by atoms with E-state index in [1.165, 1.54) is 32.1 Å². The average molecular weight is 264 g/mol. The summed E-state index contributed by atoms with van der Waals surface area (Å²) in [7, 11) is 0. The van der Waals surface area contributed by atoms with Gasteiger partial charge in [0.05, 0.1) is 11.7 Å². The Bertz CT molecular complexity index is 356. The molecule has 0 radical (unpaired) electrons. The lowest BCUT2D eigenvalue weighted by Crippen LogP contribution is -2.46. The predicted octanol–water partition coefficient (Wildman–Crippen LogP) is 3.05. The van der Waals surface area contributed by atoms with Crippen molar-refractivity contribution in [1.82, 2.24) is 10.2 Å². The largest absolute Gasteiger partial charge is 0.325 e. The Morgan fingerprint density at radius 2 is 1.89 bits per heavy atom. The molecule has 0 aromatic carbocycles. The molecule has 108 valence electrons. The number of carbonyl (C=O) groups is 1. The van der Waals surface area contributed by atoms with E-state index < -0.39 is 0 Å². The number of rotatable bonds is 4. The Labute approximate surface area is 117 Å². The van der Waals surface area contributed by atoms with Gasteiger partial charge in [-0.15, -0.1) is 0 Å². The first-order valence-electron chi connectivity index (χ1n) is 8.17. The van der Waals surface area contributed by atoms with Gasteiger partial charge in [0.15, 0.2) is 0 Å². The van der Waals surface area contributed by atoms with Crippen molar-refractivity contribution in [1.29, 1.82) is 0 Å². The summed E-state index contributed by atoms with van der Waals surface area (Å²) in [6.45, 7) is 5.55. The molecule has 1 saturated heterocycles. The predicted molar refractivity (Wildman–Crippen MR) is 76.7 cm³/mol. The lowest BCUT2D eigenvalue weighted by molar-refractivity contribution is -0.135. The van der Waals surface area contributed by atoms with E-state index >= 15 is 0 Å². The van der Waals surface area contributed by atoms with Gasteiger partial charge < -0.3 is 4.90 Å².